The molecule has 4 atom stereocenters. The summed E-state index contributed by atoms with van der Waals surface area (Å²) in [5.41, 5.74) is -2.00. The average Bonchev–Trinajstić information content (AvgIpc) is 3.10. The van der Waals surface area contributed by atoms with E-state index < -0.39 is 62.0 Å². The predicted octanol–water partition coefficient (Wildman–Crippen LogP) is 1.08. The molecule has 0 unspecified atom stereocenters. The standard InChI is InChI=1S/C17H17F4N2O8P.2H3N/c18-10-7-23(16(25)22-15(10)24)12-6-11(29-8-9-4-2-1-3-5-9)13(30-12)14(17(19,20)21)31-32(26,27)28;;/h1-5,7,11-14H,6,8H2,(H,22,24,25)(H2,26,27,28);2*1H3/t11-,12+,13-,14-;;/m0../s1. The Bertz CT molecular complexity index is 1110. The molecule has 1 aromatic heterocycles. The Kier molecular flexibility index (Phi) is 9.87. The molecule has 192 valence electrons. The molecule has 0 spiro atoms. The van der Waals surface area contributed by atoms with Gasteiger partial charge in [0.15, 0.2) is 6.10 Å². The van der Waals surface area contributed by atoms with E-state index in [-0.39, 0.29) is 18.9 Å². The van der Waals surface area contributed by atoms with E-state index in [9.17, 15) is 41.5 Å². The lowest BCUT2D eigenvalue weighted by Gasteiger charge is -2.37. The van der Waals surface area contributed by atoms with Gasteiger partial charge in [0, 0.05) is 6.42 Å². The van der Waals surface area contributed by atoms with Crippen molar-refractivity contribution in [2.24, 2.45) is 0 Å². The molecule has 0 saturated carbocycles. The number of rotatable bonds is 7. The first-order chi connectivity index (χ1) is 14.8. The highest BCUT2D eigenvalue weighted by Gasteiger charge is 2.54. The van der Waals surface area contributed by atoms with Gasteiger partial charge in [0.25, 0.3) is 5.56 Å². The van der Waals surface area contributed by atoms with Gasteiger partial charge >= 0.3 is 11.9 Å². The molecule has 2 heterocycles. The zero-order valence-electron chi connectivity index (χ0n) is 17.9. The van der Waals surface area contributed by atoms with Crippen molar-refractivity contribution in [3.05, 3.63) is 68.7 Å². The van der Waals surface area contributed by atoms with Crippen molar-refractivity contribution in [1.82, 2.24) is 21.9 Å². The van der Waals surface area contributed by atoms with Crippen LogP contribution >= 0.6 is 7.82 Å². The summed E-state index contributed by atoms with van der Waals surface area (Å²) < 4.78 is 80.0. The van der Waals surface area contributed by atoms with Gasteiger partial charge in [-0.25, -0.2) is 4.79 Å². The average molecular weight is 518 g/mol. The quantitative estimate of drug-likeness (QED) is 0.355. The lowest BCUT2D eigenvalue weighted by atomic mass is 10.1. The van der Waals surface area contributed by atoms with Gasteiger partial charge in [0.2, 0.25) is 5.82 Å². The highest BCUT2D eigenvalue weighted by Crippen LogP contribution is 2.43. The highest BCUT2D eigenvalue weighted by molar-refractivity contribution is 7.43. The molecule has 0 bridgehead atoms. The smallest absolute Gasteiger partial charge is 0.417 e. The van der Waals surface area contributed by atoms with Crippen molar-refractivity contribution in [2.75, 3.05) is 0 Å². The molecule has 12 nitrogen and oxygen atoms in total. The second-order valence-corrected chi connectivity index (χ2v) is 7.89. The summed E-state index contributed by atoms with van der Waals surface area (Å²) in [7, 11) is -6.12. The van der Waals surface area contributed by atoms with Crippen LogP contribution in [0.2, 0.25) is 0 Å². The Balaban J connectivity index is 0.00000289. The van der Waals surface area contributed by atoms with E-state index in [1.54, 1.807) is 35.3 Å². The number of aromatic nitrogens is 2. The fraction of sp³-hybridized carbons (Fsp3) is 0.412. The monoisotopic (exact) mass is 518 g/mol. The molecular weight excluding hydrogens is 495 g/mol. The molecule has 1 fully saturated rings. The summed E-state index contributed by atoms with van der Waals surface area (Å²) >= 11 is 0. The Morgan fingerprint density at radius 3 is 2.38 bits per heavy atom. The van der Waals surface area contributed by atoms with Gasteiger partial charge in [-0.3, -0.25) is 14.3 Å². The van der Waals surface area contributed by atoms with E-state index in [1.807, 2.05) is 0 Å². The zero-order valence-corrected chi connectivity index (χ0v) is 18.8. The number of alkyl halides is 3. The van der Waals surface area contributed by atoms with Gasteiger partial charge in [-0.2, -0.15) is 17.6 Å². The molecule has 1 aromatic carbocycles. The first-order valence-corrected chi connectivity index (χ1v) is 10.4. The van der Waals surface area contributed by atoms with Crippen molar-refractivity contribution in [3.63, 3.8) is 0 Å². The van der Waals surface area contributed by atoms with Crippen molar-refractivity contribution >= 4 is 7.82 Å². The van der Waals surface area contributed by atoms with Crippen LogP contribution in [-0.4, -0.2) is 34.0 Å². The van der Waals surface area contributed by atoms with Crippen molar-refractivity contribution in [2.45, 2.75) is 43.7 Å². The molecule has 0 radical (unpaired) electrons. The van der Waals surface area contributed by atoms with Gasteiger partial charge < -0.3 is 40.7 Å². The van der Waals surface area contributed by atoms with E-state index in [2.05, 4.69) is 4.52 Å². The normalized spacial score (nSPS) is 21.4. The summed E-state index contributed by atoms with van der Waals surface area (Å²) in [5, 5.41) is 0. The molecule has 0 amide bonds. The number of aromatic amines is 1. The Morgan fingerprint density at radius 1 is 1.21 bits per heavy atom. The van der Waals surface area contributed by atoms with Crippen LogP contribution in [0.25, 0.3) is 0 Å². The number of hydrogen-bond donors (Lipinski definition) is 3. The van der Waals surface area contributed by atoms with E-state index in [0.717, 1.165) is 0 Å². The summed E-state index contributed by atoms with van der Waals surface area (Å²) in [5.74, 6) is -1.41. The molecule has 1 aliphatic rings. The maximum atomic E-state index is 13.6. The van der Waals surface area contributed by atoms with Crippen molar-refractivity contribution < 1.29 is 45.9 Å². The molecule has 1 saturated heterocycles. The molecular formula is C17H23F4N4O8P. The lowest BCUT2D eigenvalue weighted by molar-refractivity contribution is -0.359. The van der Waals surface area contributed by atoms with Crippen LogP contribution in [0.5, 0.6) is 0 Å². The first kappa shape index (κ1) is 29.6. The number of halogens is 4. The Labute approximate surface area is 188 Å². The largest absolute Gasteiger partial charge is 0.790 e. The predicted molar refractivity (Wildman–Crippen MR) is 105 cm³/mol. The number of ether oxygens (including phenoxy) is 2. The molecule has 1 aliphatic heterocycles. The molecule has 3 rings (SSSR count). The maximum absolute atomic E-state index is 13.6. The highest BCUT2D eigenvalue weighted by atomic mass is 31.2. The van der Waals surface area contributed by atoms with Crippen LogP contribution < -0.4 is 33.3 Å². The molecule has 0 aliphatic carbocycles. The third-order valence-electron chi connectivity index (χ3n) is 4.52. The van der Waals surface area contributed by atoms with E-state index in [1.165, 1.54) is 0 Å². The number of nitrogens with zero attached hydrogens (tertiary/aromatic N) is 1. The SMILES string of the molecule is O=c1[nH]c(=O)n([C@H]2C[C@H](OCc3ccccc3)[C@@H]([C@H](OP(=O)([O-])[O-])C(F)(F)F)O2)cc1F.[NH4+].[NH4+]. The van der Waals surface area contributed by atoms with Crippen LogP contribution in [0, 0.1) is 5.82 Å². The summed E-state index contributed by atoms with van der Waals surface area (Å²) in [6.45, 7) is -0.232. The van der Waals surface area contributed by atoms with Crippen LogP contribution in [0.1, 0.15) is 18.2 Å². The number of nitrogens with one attached hydrogen (secondary N) is 1. The van der Waals surface area contributed by atoms with Crippen molar-refractivity contribution in [3.8, 4) is 0 Å². The van der Waals surface area contributed by atoms with E-state index in [0.29, 0.717) is 16.3 Å². The Morgan fingerprint density at radius 2 is 1.82 bits per heavy atom. The minimum absolute atomic E-state index is 0. The van der Waals surface area contributed by atoms with E-state index in [4.69, 9.17) is 9.47 Å². The van der Waals surface area contributed by atoms with Crippen LogP contribution in [0.3, 0.4) is 0 Å². The third-order valence-corrected chi connectivity index (χ3v) is 5.01. The first-order valence-electron chi connectivity index (χ1n) is 8.94. The number of quaternary nitrogens is 2. The van der Waals surface area contributed by atoms with Gasteiger partial charge in [-0.1, -0.05) is 30.3 Å². The number of H-pyrrole nitrogens is 1. The van der Waals surface area contributed by atoms with Gasteiger partial charge in [-0.15, -0.1) is 0 Å². The minimum atomic E-state index is -6.12. The number of phosphoric acid groups is 1. The van der Waals surface area contributed by atoms with Crippen LogP contribution in [-0.2, 0) is 25.2 Å². The molecule has 17 heteroatoms. The summed E-state index contributed by atoms with van der Waals surface area (Å²) in [4.78, 5) is 46.7. The summed E-state index contributed by atoms with van der Waals surface area (Å²) in [6, 6.07) is 8.17. The number of phosphoric ester groups is 1. The topological polar surface area (TPSA) is 219 Å². The number of benzene rings is 1. The van der Waals surface area contributed by atoms with Crippen molar-refractivity contribution in [1.29, 1.82) is 0 Å². The van der Waals surface area contributed by atoms with Gasteiger partial charge in [0.05, 0.1) is 26.7 Å². The van der Waals surface area contributed by atoms with Crippen LogP contribution in [0.4, 0.5) is 17.6 Å². The van der Waals surface area contributed by atoms with Gasteiger partial charge in [-0.05, 0) is 5.56 Å². The molecule has 2 aromatic rings. The third kappa shape index (κ3) is 7.28. The number of hydrogen-bond acceptors (Lipinski definition) is 8. The second kappa shape index (κ2) is 11.3. The van der Waals surface area contributed by atoms with Crippen LogP contribution in [0.15, 0.2) is 46.1 Å². The van der Waals surface area contributed by atoms with E-state index >= 15 is 0 Å². The maximum Gasteiger partial charge on any atom is 0.417 e. The second-order valence-electron chi connectivity index (χ2n) is 6.78. The fourth-order valence-electron chi connectivity index (χ4n) is 3.16. The summed E-state index contributed by atoms with van der Waals surface area (Å²) in [6.07, 6.45) is -14.0. The molecule has 34 heavy (non-hydrogen) atoms. The van der Waals surface area contributed by atoms with Gasteiger partial charge in [0.1, 0.15) is 12.3 Å². The fourth-order valence-corrected chi connectivity index (χ4v) is 3.68. The Hall–Kier alpha value is -2.43. The lowest BCUT2D eigenvalue weighted by Crippen LogP contribution is -2.48. The zero-order chi connectivity index (χ0) is 23.7. The molecule has 9 N–H and O–H groups in total. The minimum Gasteiger partial charge on any atom is -0.790 e.